The van der Waals surface area contributed by atoms with Gasteiger partial charge in [0.25, 0.3) is 0 Å². The Morgan fingerprint density at radius 1 is 1.59 bits per heavy atom. The highest BCUT2D eigenvalue weighted by Crippen LogP contribution is 2.32. The average Bonchev–Trinajstić information content (AvgIpc) is 2.26. The summed E-state index contributed by atoms with van der Waals surface area (Å²) in [5.41, 5.74) is 6.00. The zero-order chi connectivity index (χ0) is 13.0. The highest BCUT2D eigenvalue weighted by molar-refractivity contribution is 9.10. The molecule has 1 aromatic rings. The molecule has 0 amide bonds. The largest absolute Gasteiger partial charge is 0.374 e. The second kappa shape index (κ2) is 5.92. The van der Waals surface area contributed by atoms with Crippen LogP contribution in [0.2, 0.25) is 0 Å². The number of nitrogens with two attached hydrogens (primary N) is 1. The summed E-state index contributed by atoms with van der Waals surface area (Å²) >= 11 is 3.25. The number of hydrogen-bond acceptors (Lipinski definition) is 5. The number of nitro groups is 1. The Labute approximate surface area is 108 Å². The van der Waals surface area contributed by atoms with Crippen LogP contribution in [0.15, 0.2) is 16.9 Å². The minimum atomic E-state index is -0.464. The van der Waals surface area contributed by atoms with Crippen molar-refractivity contribution in [3.63, 3.8) is 0 Å². The van der Waals surface area contributed by atoms with E-state index in [1.54, 1.807) is 0 Å². The average molecular weight is 303 g/mol. The summed E-state index contributed by atoms with van der Waals surface area (Å²) in [4.78, 5) is 14.2. The monoisotopic (exact) mass is 302 g/mol. The number of rotatable bonds is 5. The highest BCUT2D eigenvalue weighted by atomic mass is 79.9. The number of halogens is 1. The maximum atomic E-state index is 10.9. The highest BCUT2D eigenvalue weighted by Gasteiger charge is 2.21. The first-order valence-corrected chi connectivity index (χ1v) is 6.01. The molecule has 3 N–H and O–H groups in total. The van der Waals surface area contributed by atoms with Crippen LogP contribution >= 0.6 is 15.9 Å². The Morgan fingerprint density at radius 2 is 2.24 bits per heavy atom. The first-order chi connectivity index (χ1) is 7.97. The fourth-order valence-corrected chi connectivity index (χ4v) is 1.83. The molecule has 0 bridgehead atoms. The Morgan fingerprint density at radius 3 is 2.71 bits per heavy atom. The van der Waals surface area contributed by atoms with Gasteiger partial charge in [0, 0.05) is 18.8 Å². The molecule has 1 atom stereocenters. The van der Waals surface area contributed by atoms with Crippen molar-refractivity contribution in [3.8, 4) is 0 Å². The van der Waals surface area contributed by atoms with Gasteiger partial charge in [0.2, 0.25) is 0 Å². The molecular formula is C10H15BrN4O2. The van der Waals surface area contributed by atoms with E-state index in [1.807, 2.05) is 13.8 Å². The van der Waals surface area contributed by atoms with Crippen molar-refractivity contribution < 1.29 is 4.92 Å². The molecule has 1 heterocycles. The van der Waals surface area contributed by atoms with Crippen molar-refractivity contribution in [2.45, 2.75) is 19.9 Å². The number of anilines is 1. The van der Waals surface area contributed by atoms with Gasteiger partial charge >= 0.3 is 5.69 Å². The van der Waals surface area contributed by atoms with E-state index in [2.05, 4.69) is 26.2 Å². The number of hydrogen-bond donors (Lipinski definition) is 2. The van der Waals surface area contributed by atoms with E-state index in [4.69, 9.17) is 5.73 Å². The van der Waals surface area contributed by atoms with Crippen molar-refractivity contribution in [1.29, 1.82) is 0 Å². The second-order valence-corrected chi connectivity index (χ2v) is 4.86. The summed E-state index contributed by atoms with van der Waals surface area (Å²) in [6.45, 7) is 4.42. The lowest BCUT2D eigenvalue weighted by Gasteiger charge is -2.22. The van der Waals surface area contributed by atoms with Crippen LogP contribution in [0.3, 0.4) is 0 Å². The standard InChI is InChI=1S/C10H15BrN4O2/c1-6(2)8(3-12)14-10-7(11)4-13-5-9(10)15(16)17/h4-6,8H,3,12H2,1-2H3,(H,13,14). The van der Waals surface area contributed by atoms with Crippen LogP contribution in [0, 0.1) is 16.0 Å². The smallest absolute Gasteiger partial charge is 0.311 e. The number of nitrogens with zero attached hydrogens (tertiary/aromatic N) is 2. The zero-order valence-corrected chi connectivity index (χ0v) is 11.3. The summed E-state index contributed by atoms with van der Waals surface area (Å²) < 4.78 is 0.561. The molecule has 0 spiro atoms. The molecule has 0 saturated carbocycles. The number of nitrogens with one attached hydrogen (secondary N) is 1. The molecule has 1 rings (SSSR count). The predicted octanol–water partition coefficient (Wildman–Crippen LogP) is 2.15. The SMILES string of the molecule is CC(C)C(CN)Nc1c(Br)cncc1[N+](=O)[O-]. The van der Waals surface area contributed by atoms with Crippen LogP contribution in [-0.4, -0.2) is 22.5 Å². The van der Waals surface area contributed by atoms with Crippen LogP contribution in [0.1, 0.15) is 13.8 Å². The minimum Gasteiger partial charge on any atom is -0.374 e. The van der Waals surface area contributed by atoms with Crippen LogP contribution in [0.5, 0.6) is 0 Å². The van der Waals surface area contributed by atoms with Gasteiger partial charge in [0.1, 0.15) is 11.9 Å². The van der Waals surface area contributed by atoms with Crippen LogP contribution in [-0.2, 0) is 0 Å². The molecule has 0 saturated heterocycles. The Kier molecular flexibility index (Phi) is 4.83. The summed E-state index contributed by atoms with van der Waals surface area (Å²) in [6, 6.07) is -0.0209. The van der Waals surface area contributed by atoms with E-state index < -0.39 is 4.92 Å². The third-order valence-electron chi connectivity index (χ3n) is 2.46. The molecule has 0 fully saturated rings. The third-order valence-corrected chi connectivity index (χ3v) is 3.07. The minimum absolute atomic E-state index is 0.0209. The molecule has 0 aliphatic heterocycles. The number of aromatic nitrogens is 1. The van der Waals surface area contributed by atoms with E-state index in [0.717, 1.165) is 0 Å². The van der Waals surface area contributed by atoms with Crippen LogP contribution in [0.25, 0.3) is 0 Å². The second-order valence-electron chi connectivity index (χ2n) is 4.00. The van der Waals surface area contributed by atoms with Crippen molar-refractivity contribution in [2.75, 3.05) is 11.9 Å². The molecule has 17 heavy (non-hydrogen) atoms. The Bertz CT molecular complexity index is 411. The van der Waals surface area contributed by atoms with Crippen molar-refractivity contribution in [1.82, 2.24) is 4.98 Å². The fraction of sp³-hybridized carbons (Fsp3) is 0.500. The number of pyridine rings is 1. The van der Waals surface area contributed by atoms with Crippen molar-refractivity contribution in [3.05, 3.63) is 27.0 Å². The van der Waals surface area contributed by atoms with E-state index in [1.165, 1.54) is 12.4 Å². The maximum absolute atomic E-state index is 10.9. The van der Waals surface area contributed by atoms with E-state index >= 15 is 0 Å². The van der Waals surface area contributed by atoms with Crippen LogP contribution < -0.4 is 11.1 Å². The zero-order valence-electron chi connectivity index (χ0n) is 9.68. The molecule has 0 aliphatic carbocycles. The lowest BCUT2D eigenvalue weighted by molar-refractivity contribution is -0.384. The molecule has 1 aromatic heterocycles. The van der Waals surface area contributed by atoms with Gasteiger partial charge in [0.05, 0.1) is 9.40 Å². The lowest BCUT2D eigenvalue weighted by atomic mass is 10.0. The van der Waals surface area contributed by atoms with Gasteiger partial charge in [-0.1, -0.05) is 13.8 Å². The van der Waals surface area contributed by atoms with Gasteiger partial charge in [-0.3, -0.25) is 15.1 Å². The molecule has 0 aromatic carbocycles. The lowest BCUT2D eigenvalue weighted by Crippen LogP contribution is -2.34. The van der Waals surface area contributed by atoms with Crippen LogP contribution in [0.4, 0.5) is 11.4 Å². The maximum Gasteiger partial charge on any atom is 0.311 e. The third kappa shape index (κ3) is 3.37. The summed E-state index contributed by atoms with van der Waals surface area (Å²) in [6.07, 6.45) is 2.74. The first kappa shape index (κ1) is 13.9. The molecule has 0 aliphatic rings. The van der Waals surface area contributed by atoms with Gasteiger partial charge in [-0.25, -0.2) is 0 Å². The van der Waals surface area contributed by atoms with Gasteiger partial charge < -0.3 is 11.1 Å². The van der Waals surface area contributed by atoms with E-state index in [-0.39, 0.29) is 17.6 Å². The van der Waals surface area contributed by atoms with E-state index in [0.29, 0.717) is 16.7 Å². The summed E-state index contributed by atoms with van der Waals surface area (Å²) in [5.74, 6) is 0.277. The molecule has 94 valence electrons. The molecule has 7 heteroatoms. The normalized spacial score (nSPS) is 12.5. The Balaban J connectivity index is 3.07. The van der Waals surface area contributed by atoms with Gasteiger partial charge in [0.15, 0.2) is 0 Å². The molecule has 0 radical (unpaired) electrons. The van der Waals surface area contributed by atoms with E-state index in [9.17, 15) is 10.1 Å². The van der Waals surface area contributed by atoms with Gasteiger partial charge in [-0.05, 0) is 21.8 Å². The van der Waals surface area contributed by atoms with Gasteiger partial charge in [-0.15, -0.1) is 0 Å². The first-order valence-electron chi connectivity index (χ1n) is 5.21. The Hall–Kier alpha value is -1.21. The van der Waals surface area contributed by atoms with Crippen molar-refractivity contribution >= 4 is 27.3 Å². The quantitative estimate of drug-likeness (QED) is 0.642. The summed E-state index contributed by atoms with van der Waals surface area (Å²) in [5, 5.41) is 14.0. The molecular weight excluding hydrogens is 288 g/mol. The fourth-order valence-electron chi connectivity index (χ4n) is 1.39. The predicted molar refractivity (Wildman–Crippen MR) is 69.9 cm³/mol. The summed E-state index contributed by atoms with van der Waals surface area (Å²) in [7, 11) is 0. The molecule has 6 nitrogen and oxygen atoms in total. The van der Waals surface area contributed by atoms with Crippen molar-refractivity contribution in [2.24, 2.45) is 11.7 Å². The topological polar surface area (TPSA) is 94.1 Å². The van der Waals surface area contributed by atoms with Gasteiger partial charge in [-0.2, -0.15) is 0 Å². The molecule has 1 unspecified atom stereocenters.